The topological polar surface area (TPSA) is 61.8 Å². The molecule has 0 fully saturated rings. The molecule has 108 valence electrons. The fraction of sp³-hybridized carbons (Fsp3) is 0.462. The zero-order chi connectivity index (χ0) is 14.9. The second-order valence-corrected chi connectivity index (χ2v) is 4.85. The molecular weight excluding hydrogens is 280 g/mol. The van der Waals surface area contributed by atoms with Gasteiger partial charge in [-0.15, -0.1) is 0 Å². The first-order valence-electron chi connectivity index (χ1n) is 6.51. The molecule has 0 radical (unpaired) electrons. The second-order valence-electron chi connectivity index (χ2n) is 4.47. The molecular formula is C13H17ClN4O2. The molecule has 0 saturated carbocycles. The maximum atomic E-state index is 12.2. The number of aromatic nitrogens is 4. The van der Waals surface area contributed by atoms with Gasteiger partial charge in [-0.2, -0.15) is 5.10 Å². The predicted octanol–water partition coefficient (Wildman–Crippen LogP) is 1.26. The quantitative estimate of drug-likeness (QED) is 0.853. The molecule has 20 heavy (non-hydrogen) atoms. The summed E-state index contributed by atoms with van der Waals surface area (Å²) in [5, 5.41) is 4.79. The number of aryl methyl sites for hydroxylation is 3. The first-order valence-corrected chi connectivity index (χ1v) is 6.89. The lowest BCUT2D eigenvalue weighted by molar-refractivity contribution is 0.554. The lowest BCUT2D eigenvalue weighted by Gasteiger charge is -2.09. The van der Waals surface area contributed by atoms with Crippen LogP contribution in [0.25, 0.3) is 0 Å². The van der Waals surface area contributed by atoms with Crippen LogP contribution in [0.3, 0.4) is 0 Å². The summed E-state index contributed by atoms with van der Waals surface area (Å²) in [5.41, 5.74) is 0.706. The molecule has 0 aliphatic rings. The van der Waals surface area contributed by atoms with Gasteiger partial charge in [-0.3, -0.25) is 14.0 Å². The van der Waals surface area contributed by atoms with Crippen molar-refractivity contribution >= 4 is 11.6 Å². The molecule has 2 aromatic heterocycles. The second kappa shape index (κ2) is 5.66. The molecule has 0 aliphatic heterocycles. The summed E-state index contributed by atoms with van der Waals surface area (Å²) in [4.78, 5) is 24.1. The van der Waals surface area contributed by atoms with Crippen LogP contribution in [0, 0.1) is 6.92 Å². The van der Waals surface area contributed by atoms with Gasteiger partial charge in [0.25, 0.3) is 5.56 Å². The Balaban J connectivity index is 2.56. The minimum Gasteiger partial charge on any atom is -0.301 e. The third-order valence-corrected chi connectivity index (χ3v) is 3.73. The molecule has 0 spiro atoms. The Morgan fingerprint density at radius 2 is 1.95 bits per heavy atom. The summed E-state index contributed by atoms with van der Waals surface area (Å²) in [7, 11) is 0. The summed E-state index contributed by atoms with van der Waals surface area (Å²) in [6, 6.07) is 1.39. The normalized spacial score (nSPS) is 11.0. The van der Waals surface area contributed by atoms with E-state index in [1.165, 1.54) is 21.4 Å². The molecule has 2 rings (SSSR count). The van der Waals surface area contributed by atoms with Crippen LogP contribution in [0.15, 0.2) is 21.9 Å². The van der Waals surface area contributed by atoms with Crippen molar-refractivity contribution in [2.75, 3.05) is 0 Å². The third-order valence-electron chi connectivity index (χ3n) is 3.24. The van der Waals surface area contributed by atoms with Crippen molar-refractivity contribution in [3.8, 4) is 0 Å². The van der Waals surface area contributed by atoms with Crippen LogP contribution in [0.1, 0.15) is 25.2 Å². The van der Waals surface area contributed by atoms with Crippen molar-refractivity contribution < 1.29 is 0 Å². The number of nitrogens with zero attached hydrogens (tertiary/aromatic N) is 4. The van der Waals surface area contributed by atoms with E-state index in [1.807, 2.05) is 13.8 Å². The Kier molecular flexibility index (Phi) is 4.13. The van der Waals surface area contributed by atoms with E-state index in [4.69, 9.17) is 11.6 Å². The Morgan fingerprint density at radius 1 is 1.25 bits per heavy atom. The van der Waals surface area contributed by atoms with Gasteiger partial charge in [0.1, 0.15) is 0 Å². The molecule has 0 aromatic carbocycles. The summed E-state index contributed by atoms with van der Waals surface area (Å²) >= 11 is 6.21. The molecule has 0 saturated heterocycles. The zero-order valence-electron chi connectivity index (χ0n) is 11.8. The van der Waals surface area contributed by atoms with Crippen molar-refractivity contribution in [1.82, 2.24) is 18.9 Å². The lowest BCUT2D eigenvalue weighted by atomic mass is 10.3. The third kappa shape index (κ3) is 2.43. The molecule has 0 N–H and O–H groups in total. The van der Waals surface area contributed by atoms with Crippen LogP contribution in [0.5, 0.6) is 0 Å². The molecule has 0 bridgehead atoms. The zero-order valence-corrected chi connectivity index (χ0v) is 12.5. The van der Waals surface area contributed by atoms with Crippen LogP contribution in [-0.2, 0) is 19.6 Å². The van der Waals surface area contributed by atoms with Gasteiger partial charge in [0, 0.05) is 25.4 Å². The van der Waals surface area contributed by atoms with E-state index in [2.05, 4.69) is 5.10 Å². The maximum Gasteiger partial charge on any atom is 0.331 e. The largest absolute Gasteiger partial charge is 0.331 e. The van der Waals surface area contributed by atoms with E-state index in [9.17, 15) is 9.59 Å². The monoisotopic (exact) mass is 296 g/mol. The van der Waals surface area contributed by atoms with Gasteiger partial charge in [-0.25, -0.2) is 4.79 Å². The number of rotatable bonds is 4. The Labute approximate surface area is 121 Å². The predicted molar refractivity (Wildman–Crippen MR) is 77.4 cm³/mol. The Bertz CT molecular complexity index is 742. The van der Waals surface area contributed by atoms with Crippen molar-refractivity contribution in [3.63, 3.8) is 0 Å². The molecule has 0 atom stereocenters. The molecule has 6 nitrogen and oxygen atoms in total. The summed E-state index contributed by atoms with van der Waals surface area (Å²) in [6.07, 6.45) is 1.51. The molecule has 0 amide bonds. The van der Waals surface area contributed by atoms with Crippen LogP contribution >= 0.6 is 11.6 Å². The van der Waals surface area contributed by atoms with E-state index in [-0.39, 0.29) is 17.8 Å². The highest BCUT2D eigenvalue weighted by Gasteiger charge is 2.15. The standard InChI is InChI=1S/C13H17ClN4O2/c1-4-16-7-6-11(19)17(13(16)20)8-10-12(14)9(3)15-18(10)5-2/h6-7H,4-5,8H2,1-3H3. The van der Waals surface area contributed by atoms with E-state index < -0.39 is 0 Å². The SMILES string of the molecule is CCn1nc(C)c(Cl)c1Cn1c(=O)ccn(CC)c1=O. The van der Waals surface area contributed by atoms with E-state index in [0.29, 0.717) is 29.5 Å². The Hall–Kier alpha value is -1.82. The highest BCUT2D eigenvalue weighted by molar-refractivity contribution is 6.31. The minimum atomic E-state index is -0.336. The first kappa shape index (κ1) is 14.6. The van der Waals surface area contributed by atoms with Crippen molar-refractivity contribution in [2.24, 2.45) is 0 Å². The molecule has 2 heterocycles. The number of hydrogen-bond donors (Lipinski definition) is 0. The average Bonchev–Trinajstić information content (AvgIpc) is 2.70. The molecule has 0 unspecified atom stereocenters. The van der Waals surface area contributed by atoms with Crippen LogP contribution in [0.2, 0.25) is 5.02 Å². The number of halogens is 1. The first-order chi connectivity index (χ1) is 9.49. The van der Waals surface area contributed by atoms with Crippen molar-refractivity contribution in [2.45, 2.75) is 40.4 Å². The summed E-state index contributed by atoms with van der Waals surface area (Å²) in [5.74, 6) is 0. The van der Waals surface area contributed by atoms with Gasteiger partial charge in [-0.05, 0) is 20.8 Å². The molecule has 7 heteroatoms. The van der Waals surface area contributed by atoms with Gasteiger partial charge in [0.15, 0.2) is 0 Å². The van der Waals surface area contributed by atoms with Crippen LogP contribution < -0.4 is 11.2 Å². The molecule has 0 aliphatic carbocycles. The lowest BCUT2D eigenvalue weighted by Crippen LogP contribution is -2.39. The molecule has 2 aromatic rings. The van der Waals surface area contributed by atoms with Crippen molar-refractivity contribution in [3.05, 3.63) is 49.5 Å². The van der Waals surface area contributed by atoms with Crippen LogP contribution in [-0.4, -0.2) is 18.9 Å². The number of hydrogen-bond acceptors (Lipinski definition) is 3. The fourth-order valence-corrected chi connectivity index (χ4v) is 2.31. The summed E-state index contributed by atoms with van der Waals surface area (Å²) in [6.45, 7) is 6.86. The van der Waals surface area contributed by atoms with Crippen molar-refractivity contribution in [1.29, 1.82) is 0 Å². The van der Waals surface area contributed by atoms with Gasteiger partial charge < -0.3 is 4.57 Å². The van der Waals surface area contributed by atoms with Gasteiger partial charge >= 0.3 is 5.69 Å². The highest BCUT2D eigenvalue weighted by atomic mass is 35.5. The van der Waals surface area contributed by atoms with Gasteiger partial charge in [0.2, 0.25) is 0 Å². The highest BCUT2D eigenvalue weighted by Crippen LogP contribution is 2.20. The van der Waals surface area contributed by atoms with E-state index in [1.54, 1.807) is 11.6 Å². The van der Waals surface area contributed by atoms with Crippen LogP contribution in [0.4, 0.5) is 0 Å². The van der Waals surface area contributed by atoms with Gasteiger partial charge in [-0.1, -0.05) is 11.6 Å². The average molecular weight is 297 g/mol. The smallest absolute Gasteiger partial charge is 0.301 e. The van der Waals surface area contributed by atoms with E-state index >= 15 is 0 Å². The Morgan fingerprint density at radius 3 is 2.55 bits per heavy atom. The van der Waals surface area contributed by atoms with E-state index in [0.717, 1.165) is 0 Å². The fourth-order valence-electron chi connectivity index (χ4n) is 2.11. The maximum absolute atomic E-state index is 12.2. The minimum absolute atomic E-state index is 0.131. The van der Waals surface area contributed by atoms with Gasteiger partial charge in [0.05, 0.1) is 23.0 Å². The summed E-state index contributed by atoms with van der Waals surface area (Å²) < 4.78 is 4.37.